The largest absolute Gasteiger partial charge is 0.371 e. The Hall–Kier alpha value is -9.18. The Morgan fingerprint density at radius 1 is 0.355 bits per heavy atom. The zero-order valence-electron chi connectivity index (χ0n) is 43.8. The van der Waals surface area contributed by atoms with Crippen molar-refractivity contribution in [1.29, 1.82) is 21.0 Å². The second-order valence-electron chi connectivity index (χ2n) is 18.2. The summed E-state index contributed by atoms with van der Waals surface area (Å²) in [7, 11) is 0. The molecule has 0 spiro atoms. The van der Waals surface area contributed by atoms with Crippen LogP contribution in [0.25, 0.3) is 19.4 Å². The Morgan fingerprint density at radius 3 is 0.961 bits per heavy atom. The fourth-order valence-corrected chi connectivity index (χ4v) is 9.13. The Balaban J connectivity index is 1.62. The molecule has 0 fully saturated rings. The molecule has 0 aromatic heterocycles. The van der Waals surface area contributed by atoms with Crippen LogP contribution in [0.1, 0.15) is 77.0 Å². The zero-order chi connectivity index (χ0) is 54.0. The van der Waals surface area contributed by atoms with E-state index in [0.29, 0.717) is 78.0 Å². The third-order valence-electron chi connectivity index (χ3n) is 12.9. The highest BCUT2D eigenvalue weighted by Gasteiger charge is 2.24. The third-order valence-corrected chi connectivity index (χ3v) is 12.9. The molecule has 0 N–H and O–H groups in total. The molecule has 0 saturated carbocycles. The van der Waals surface area contributed by atoms with Crippen LogP contribution < -0.4 is 24.2 Å². The summed E-state index contributed by atoms with van der Waals surface area (Å²) in [6, 6.07) is 43.0. The van der Waals surface area contributed by atoms with Crippen molar-refractivity contribution in [2.24, 2.45) is 0 Å². The van der Waals surface area contributed by atoms with Gasteiger partial charge in [0.25, 0.3) is 0 Å². The van der Waals surface area contributed by atoms with E-state index in [1.807, 2.05) is 0 Å². The molecule has 0 atom stereocenters. The number of unbranched alkanes of at least 4 members (excludes halogenated alkanes) is 4. The average Bonchev–Trinajstić information content (AvgIpc) is 3.46. The van der Waals surface area contributed by atoms with Gasteiger partial charge in [0.15, 0.2) is 5.71 Å². The molecule has 0 unspecified atom stereocenters. The van der Waals surface area contributed by atoms with Crippen LogP contribution in [0.4, 0.5) is 45.5 Å². The van der Waals surface area contributed by atoms with Gasteiger partial charge in [-0.05, 0) is 85.6 Å². The molecule has 4 aromatic rings. The van der Waals surface area contributed by atoms with Gasteiger partial charge in [-0.3, -0.25) is 0 Å². The second-order valence-corrected chi connectivity index (χ2v) is 18.2. The van der Waals surface area contributed by atoms with E-state index in [4.69, 9.17) is 26.3 Å². The molecule has 0 amide bonds. The molecular formula is C62H68N14+2. The van der Waals surface area contributed by atoms with Gasteiger partial charge in [-0.15, -0.1) is 0 Å². The van der Waals surface area contributed by atoms with Crippen LogP contribution in [-0.2, 0) is 0 Å². The number of hydrogen-bond donors (Lipinski definition) is 0. The molecule has 0 aliphatic heterocycles. The first-order chi connectivity index (χ1) is 37.4. The van der Waals surface area contributed by atoms with Gasteiger partial charge in [-0.2, -0.15) is 25.6 Å². The van der Waals surface area contributed by atoms with Crippen LogP contribution in [0.15, 0.2) is 121 Å². The maximum Gasteiger partial charge on any atom is 0.216 e. The van der Waals surface area contributed by atoms with Crippen molar-refractivity contribution < 1.29 is 4.58 Å². The number of hydrogen-bond acceptors (Lipinski definition) is 8. The lowest BCUT2D eigenvalue weighted by Crippen LogP contribution is -2.26. The van der Waals surface area contributed by atoms with E-state index in [-0.39, 0.29) is 0 Å². The second kappa shape index (κ2) is 33.5. The first-order valence-corrected chi connectivity index (χ1v) is 26.3. The van der Waals surface area contributed by atoms with Crippen LogP contribution in [-0.4, -0.2) is 94.5 Å². The summed E-state index contributed by atoms with van der Waals surface area (Å²) in [6.45, 7) is 36.9. The molecule has 14 nitrogen and oxygen atoms in total. The topological polar surface area (TPSA) is 132 Å². The van der Waals surface area contributed by atoms with Gasteiger partial charge in [-0.25, -0.2) is 30.9 Å². The van der Waals surface area contributed by atoms with Crippen molar-refractivity contribution in [3.63, 3.8) is 0 Å². The van der Waals surface area contributed by atoms with E-state index in [1.165, 1.54) is 0 Å². The monoisotopic (exact) mass is 1010 g/mol. The Morgan fingerprint density at radius 2 is 0.632 bits per heavy atom. The number of nitriles is 4. The minimum Gasteiger partial charge on any atom is -0.371 e. The molecular weight excluding hydrogens is 941 g/mol. The quantitative estimate of drug-likeness (QED) is 0.0204. The molecule has 1 aliphatic carbocycles. The van der Waals surface area contributed by atoms with E-state index < -0.39 is 0 Å². The Kier molecular flexibility index (Phi) is 25.5. The minimum absolute atomic E-state index is 0.446. The highest BCUT2D eigenvalue weighted by atomic mass is 15.2. The number of nitrogens with zero attached hydrogens (tertiary/aromatic N) is 14. The van der Waals surface area contributed by atoms with Crippen LogP contribution >= 0.6 is 0 Å². The molecule has 0 radical (unpaired) electrons. The highest BCUT2D eigenvalue weighted by Crippen LogP contribution is 2.38. The van der Waals surface area contributed by atoms with E-state index in [9.17, 15) is 21.0 Å². The average molecular weight is 1010 g/mol. The molecule has 4 aromatic carbocycles. The number of benzene rings is 4. The fourth-order valence-electron chi connectivity index (χ4n) is 9.13. The Bertz CT molecular complexity index is 2740. The lowest BCUT2D eigenvalue weighted by molar-refractivity contribution is -0.527. The standard InChI is InChI=1S/C62H68N14/c1-67-41-13-49-73(50-14-42-68-2)55-21-29-59(30-22-55)76(60-31-23-56(24-32-60)74(51-15-43-69-3)52-16-44-70-4)62-35-33-61(34-36-62)75(57-25-17-53(18-26-57)71(45-9-5-37-63)46-10-6-38-64)58-27-19-54(20-28-58)72(47-11-7-39-65)48-12-8-40-66/h17-36H,5-16,41-52H2/q+2. The number of anilines is 6. The van der Waals surface area contributed by atoms with Crippen molar-refractivity contribution in [3.05, 3.63) is 167 Å². The SMILES string of the molecule is [C-]#[N+]CCCN(CCC[N+]#[C-])c1ccc(N(c2ccc(N(CCC[N+]#[C-])CCC[N+]#[C-])cc2)c2ccc([N+](=C3C=CC(=[N+](CCCC#N)CCCC#N)C=C3)c3ccc(N(CCCC#N)CCCC#N)cc3)cc2)cc1. The van der Waals surface area contributed by atoms with Crippen molar-refractivity contribution in [3.8, 4) is 24.3 Å². The summed E-state index contributed by atoms with van der Waals surface area (Å²) in [4.78, 5) is 23.3. The van der Waals surface area contributed by atoms with Gasteiger partial charge < -0.3 is 39.0 Å². The smallest absolute Gasteiger partial charge is 0.216 e. The summed E-state index contributed by atoms with van der Waals surface area (Å²) in [5, 5.41) is 37.1. The van der Waals surface area contributed by atoms with Gasteiger partial charge in [-0.1, -0.05) is 0 Å². The fraction of sp³-hybridized carbons (Fsp3) is 0.387. The Labute approximate surface area is 451 Å². The minimum atomic E-state index is 0.446. The predicted octanol–water partition coefficient (Wildman–Crippen LogP) is 12.9. The highest BCUT2D eigenvalue weighted by molar-refractivity contribution is 6.18. The maximum atomic E-state index is 9.29. The van der Waals surface area contributed by atoms with E-state index in [1.54, 1.807) is 0 Å². The number of allylic oxidation sites excluding steroid dienone is 4. The normalized spacial score (nSPS) is 11.1. The summed E-state index contributed by atoms with van der Waals surface area (Å²) in [5.74, 6) is 0. The van der Waals surface area contributed by atoms with Gasteiger partial charge in [0.2, 0.25) is 43.3 Å². The van der Waals surface area contributed by atoms with Crippen molar-refractivity contribution >= 4 is 56.9 Å². The third kappa shape index (κ3) is 18.1. The molecule has 76 heavy (non-hydrogen) atoms. The predicted molar refractivity (Wildman–Crippen MR) is 308 cm³/mol. The van der Waals surface area contributed by atoms with Crippen LogP contribution in [0, 0.1) is 71.6 Å². The first-order valence-electron chi connectivity index (χ1n) is 26.3. The first kappa shape index (κ1) is 57.7. The van der Waals surface area contributed by atoms with Gasteiger partial charge in [0, 0.05) is 186 Å². The summed E-state index contributed by atoms with van der Waals surface area (Å²) in [5.41, 5.74) is 9.75. The van der Waals surface area contributed by atoms with Gasteiger partial charge in [0.05, 0.1) is 24.3 Å². The van der Waals surface area contributed by atoms with E-state index in [2.05, 4.69) is 194 Å². The molecule has 5 rings (SSSR count). The van der Waals surface area contributed by atoms with Crippen LogP contribution in [0.5, 0.6) is 0 Å². The van der Waals surface area contributed by atoms with Crippen LogP contribution in [0.3, 0.4) is 0 Å². The van der Waals surface area contributed by atoms with Crippen molar-refractivity contribution in [1.82, 2.24) is 4.58 Å². The molecule has 14 heteroatoms. The van der Waals surface area contributed by atoms with E-state index >= 15 is 0 Å². The molecule has 0 heterocycles. The number of rotatable bonds is 32. The lowest BCUT2D eigenvalue weighted by atomic mass is 10.1. The zero-order valence-corrected chi connectivity index (χ0v) is 43.8. The van der Waals surface area contributed by atoms with Gasteiger partial charge in [0.1, 0.15) is 13.1 Å². The summed E-state index contributed by atoms with van der Waals surface area (Å²) in [6.07, 6.45) is 16.1. The summed E-state index contributed by atoms with van der Waals surface area (Å²) >= 11 is 0. The summed E-state index contributed by atoms with van der Waals surface area (Å²) < 4.78 is 4.48. The lowest BCUT2D eigenvalue weighted by Gasteiger charge is -2.29. The van der Waals surface area contributed by atoms with Crippen molar-refractivity contribution in [2.45, 2.75) is 77.0 Å². The molecule has 384 valence electrons. The van der Waals surface area contributed by atoms with E-state index in [0.717, 1.165) is 134 Å². The van der Waals surface area contributed by atoms with Gasteiger partial charge >= 0.3 is 0 Å². The molecule has 0 bridgehead atoms. The molecule has 0 saturated heterocycles. The van der Waals surface area contributed by atoms with Crippen LogP contribution in [0.2, 0.25) is 0 Å². The maximum absolute atomic E-state index is 9.29. The molecule has 1 aliphatic rings. The van der Waals surface area contributed by atoms with Crippen molar-refractivity contribution in [2.75, 3.05) is 98.1 Å².